The smallest absolute Gasteiger partial charge is 0.258 e. The number of hydrogen-bond donors (Lipinski definition) is 0. The highest BCUT2D eigenvalue weighted by molar-refractivity contribution is 7.99. The lowest BCUT2D eigenvalue weighted by atomic mass is 10.2. The lowest BCUT2D eigenvalue weighted by Crippen LogP contribution is -1.89. The van der Waals surface area contributed by atoms with Crippen LogP contribution in [0.1, 0.15) is 0 Å². The Hall–Kier alpha value is -1.82. The molecule has 0 saturated heterocycles. The molecule has 0 fully saturated rings. The summed E-state index contributed by atoms with van der Waals surface area (Å²) < 4.78 is 0. The second-order valence-corrected chi connectivity index (χ2v) is 6.36. The van der Waals surface area contributed by atoms with E-state index in [4.69, 9.17) is 23.2 Å². The first-order valence-corrected chi connectivity index (χ1v) is 7.78. The van der Waals surface area contributed by atoms with E-state index in [-0.39, 0.29) is 15.7 Å². The fourth-order valence-electron chi connectivity index (χ4n) is 1.97. The van der Waals surface area contributed by atoms with Gasteiger partial charge in [0, 0.05) is 28.6 Å². The topological polar surface area (TPSA) is 56.0 Å². The van der Waals surface area contributed by atoms with Crippen molar-refractivity contribution in [2.75, 3.05) is 0 Å². The van der Waals surface area contributed by atoms with Crippen molar-refractivity contribution in [2.24, 2.45) is 0 Å². The third kappa shape index (κ3) is 3.02. The first-order valence-electron chi connectivity index (χ1n) is 6.20. The zero-order valence-corrected chi connectivity index (χ0v) is 13.3. The first kappa shape index (κ1) is 15.1. The minimum Gasteiger partial charge on any atom is -0.258 e. The largest absolute Gasteiger partial charge is 0.272 e. The molecule has 0 N–H and O–H groups in total. The predicted molar refractivity (Wildman–Crippen MR) is 89.0 cm³/mol. The quantitative estimate of drug-likeness (QED) is 0.455. The molecule has 0 radical (unpaired) electrons. The molecule has 4 nitrogen and oxygen atoms in total. The van der Waals surface area contributed by atoms with Gasteiger partial charge in [-0.1, -0.05) is 53.2 Å². The van der Waals surface area contributed by atoms with E-state index < -0.39 is 4.92 Å². The SMILES string of the molecule is O=[N+]([O-])c1cc(Cl)c(Sc2cnc3ccccc3c2)c(Cl)c1. The Bertz CT molecular complexity index is 863. The maximum absolute atomic E-state index is 10.8. The summed E-state index contributed by atoms with van der Waals surface area (Å²) in [6.07, 6.45) is 1.72. The van der Waals surface area contributed by atoms with Crippen LogP contribution >= 0.6 is 35.0 Å². The van der Waals surface area contributed by atoms with Gasteiger partial charge in [0.25, 0.3) is 5.69 Å². The van der Waals surface area contributed by atoms with Gasteiger partial charge in [0.1, 0.15) is 0 Å². The van der Waals surface area contributed by atoms with Crippen molar-refractivity contribution in [2.45, 2.75) is 9.79 Å². The molecule has 110 valence electrons. The Morgan fingerprint density at radius 2 is 1.77 bits per heavy atom. The van der Waals surface area contributed by atoms with Crippen molar-refractivity contribution in [3.63, 3.8) is 0 Å². The molecule has 0 aliphatic heterocycles. The predicted octanol–water partition coefficient (Wildman–Crippen LogP) is 5.60. The molecule has 3 rings (SSSR count). The van der Waals surface area contributed by atoms with E-state index in [0.29, 0.717) is 4.90 Å². The van der Waals surface area contributed by atoms with E-state index in [1.165, 1.54) is 23.9 Å². The molecule has 1 heterocycles. The number of fused-ring (bicyclic) bond motifs is 1. The number of nitro groups is 1. The number of halogens is 2. The van der Waals surface area contributed by atoms with Crippen molar-refractivity contribution in [3.05, 3.63) is 68.8 Å². The number of nitrogens with zero attached hydrogens (tertiary/aromatic N) is 2. The summed E-state index contributed by atoms with van der Waals surface area (Å²) >= 11 is 13.6. The number of aromatic nitrogens is 1. The van der Waals surface area contributed by atoms with Crippen LogP contribution in [-0.2, 0) is 0 Å². The zero-order valence-electron chi connectivity index (χ0n) is 11.0. The van der Waals surface area contributed by atoms with Gasteiger partial charge in [0.2, 0.25) is 0 Å². The molecule has 7 heteroatoms. The van der Waals surface area contributed by atoms with Gasteiger partial charge < -0.3 is 0 Å². The highest BCUT2D eigenvalue weighted by Crippen LogP contribution is 2.41. The number of benzene rings is 2. The lowest BCUT2D eigenvalue weighted by molar-refractivity contribution is -0.384. The second-order valence-electron chi connectivity index (χ2n) is 4.46. The molecule has 2 aromatic carbocycles. The number of hydrogen-bond acceptors (Lipinski definition) is 4. The monoisotopic (exact) mass is 350 g/mol. The molecular weight excluding hydrogens is 343 g/mol. The van der Waals surface area contributed by atoms with Gasteiger partial charge in [-0.3, -0.25) is 15.1 Å². The van der Waals surface area contributed by atoms with Crippen LogP contribution in [0.15, 0.2) is 58.5 Å². The van der Waals surface area contributed by atoms with Gasteiger partial charge in [-0.2, -0.15) is 0 Å². The normalized spacial score (nSPS) is 10.8. The number of non-ortho nitro benzene ring substituents is 1. The first-order chi connectivity index (χ1) is 10.5. The van der Waals surface area contributed by atoms with Gasteiger partial charge in [-0.05, 0) is 12.1 Å². The van der Waals surface area contributed by atoms with Crippen molar-refractivity contribution in [1.82, 2.24) is 4.98 Å². The number of pyridine rings is 1. The molecule has 0 aliphatic rings. The van der Waals surface area contributed by atoms with Crippen molar-refractivity contribution < 1.29 is 4.92 Å². The average molecular weight is 351 g/mol. The molecular formula is C15H8Cl2N2O2S. The summed E-state index contributed by atoms with van der Waals surface area (Å²) in [5.74, 6) is 0. The molecule has 1 aromatic heterocycles. The molecule has 0 spiro atoms. The van der Waals surface area contributed by atoms with E-state index in [2.05, 4.69) is 4.98 Å². The molecule has 22 heavy (non-hydrogen) atoms. The maximum atomic E-state index is 10.8. The van der Waals surface area contributed by atoms with Crippen LogP contribution < -0.4 is 0 Å². The third-order valence-electron chi connectivity index (χ3n) is 2.98. The number of nitro benzene ring substituents is 1. The van der Waals surface area contributed by atoms with Crippen molar-refractivity contribution in [1.29, 1.82) is 0 Å². The maximum Gasteiger partial charge on any atom is 0.272 e. The Labute approximate surface area is 140 Å². The summed E-state index contributed by atoms with van der Waals surface area (Å²) in [5, 5.41) is 12.3. The van der Waals surface area contributed by atoms with E-state index >= 15 is 0 Å². The minimum atomic E-state index is -0.524. The van der Waals surface area contributed by atoms with Crippen LogP contribution in [0.5, 0.6) is 0 Å². The molecule has 3 aromatic rings. The molecule has 0 saturated carbocycles. The number of rotatable bonds is 3. The summed E-state index contributed by atoms with van der Waals surface area (Å²) in [6.45, 7) is 0. The fourth-order valence-corrected chi connectivity index (χ4v) is 3.52. The summed E-state index contributed by atoms with van der Waals surface area (Å²) in [4.78, 5) is 16.1. The lowest BCUT2D eigenvalue weighted by Gasteiger charge is -2.07. The van der Waals surface area contributed by atoms with Crippen molar-refractivity contribution in [3.8, 4) is 0 Å². The standard InChI is InChI=1S/C15H8Cl2N2O2S/c16-12-6-10(19(20)21)7-13(17)15(12)22-11-5-9-3-1-2-4-14(9)18-8-11/h1-8H. The minimum absolute atomic E-state index is 0.129. The van der Waals surface area contributed by atoms with E-state index in [1.54, 1.807) is 6.20 Å². The summed E-state index contributed by atoms with van der Waals surface area (Å²) in [7, 11) is 0. The summed E-state index contributed by atoms with van der Waals surface area (Å²) in [6, 6.07) is 12.3. The van der Waals surface area contributed by atoms with E-state index in [1.807, 2.05) is 30.3 Å². The van der Waals surface area contributed by atoms with E-state index in [9.17, 15) is 10.1 Å². The van der Waals surface area contributed by atoms with Crippen LogP contribution in [0.25, 0.3) is 10.9 Å². The fraction of sp³-hybridized carbons (Fsp3) is 0. The van der Waals surface area contributed by atoms with Crippen LogP contribution in [-0.4, -0.2) is 9.91 Å². The van der Waals surface area contributed by atoms with Gasteiger partial charge in [0.15, 0.2) is 0 Å². The molecule has 0 unspecified atom stereocenters. The number of para-hydroxylation sites is 1. The van der Waals surface area contributed by atoms with Gasteiger partial charge >= 0.3 is 0 Å². The van der Waals surface area contributed by atoms with Crippen LogP contribution in [0.4, 0.5) is 5.69 Å². The summed E-state index contributed by atoms with van der Waals surface area (Å²) in [5.41, 5.74) is 0.767. The molecule has 0 bridgehead atoms. The van der Waals surface area contributed by atoms with Gasteiger partial charge in [-0.15, -0.1) is 0 Å². The average Bonchev–Trinajstić information content (AvgIpc) is 2.50. The Kier molecular flexibility index (Phi) is 4.20. The Morgan fingerprint density at radius 3 is 2.45 bits per heavy atom. The van der Waals surface area contributed by atoms with E-state index in [0.717, 1.165) is 15.8 Å². The Morgan fingerprint density at radius 1 is 1.09 bits per heavy atom. The van der Waals surface area contributed by atoms with Crippen molar-refractivity contribution >= 4 is 51.6 Å². The second kappa shape index (κ2) is 6.12. The van der Waals surface area contributed by atoms with Gasteiger partial charge in [0.05, 0.1) is 25.4 Å². The third-order valence-corrected chi connectivity index (χ3v) is 4.90. The molecule has 0 atom stereocenters. The zero-order chi connectivity index (χ0) is 15.7. The van der Waals surface area contributed by atoms with Crippen LogP contribution in [0.2, 0.25) is 10.0 Å². The Balaban J connectivity index is 1.99. The highest BCUT2D eigenvalue weighted by Gasteiger charge is 2.15. The van der Waals surface area contributed by atoms with Crippen LogP contribution in [0, 0.1) is 10.1 Å². The highest BCUT2D eigenvalue weighted by atomic mass is 35.5. The molecule has 0 aliphatic carbocycles. The molecule has 0 amide bonds. The van der Waals surface area contributed by atoms with Gasteiger partial charge in [-0.25, -0.2) is 0 Å². The van der Waals surface area contributed by atoms with Crippen LogP contribution in [0.3, 0.4) is 0 Å².